The van der Waals surface area contributed by atoms with E-state index in [-0.39, 0.29) is 11.6 Å². The van der Waals surface area contributed by atoms with Crippen LogP contribution in [0.25, 0.3) is 11.0 Å². The highest BCUT2D eigenvalue weighted by Gasteiger charge is 2.16. The molecule has 2 heterocycles. The summed E-state index contributed by atoms with van der Waals surface area (Å²) >= 11 is 0. The Morgan fingerprint density at radius 3 is 2.86 bits per heavy atom. The Labute approximate surface area is 117 Å². The zero-order chi connectivity index (χ0) is 15.0. The largest absolute Gasteiger partial charge is 0.437 e. The van der Waals surface area contributed by atoms with Gasteiger partial charge in [-0.15, -0.1) is 0 Å². The Hall–Kier alpha value is -3.03. The summed E-state index contributed by atoms with van der Waals surface area (Å²) in [5.74, 6) is -0.588. The molecule has 2 aromatic heterocycles. The maximum Gasteiger partial charge on any atom is 0.305 e. The van der Waals surface area contributed by atoms with Crippen LogP contribution >= 0.6 is 0 Å². The van der Waals surface area contributed by atoms with Gasteiger partial charge in [0.25, 0.3) is 0 Å². The number of halogens is 1. The average Bonchev–Trinajstić information content (AvgIpc) is 2.81. The Balaban J connectivity index is 2.01. The van der Waals surface area contributed by atoms with Crippen molar-refractivity contribution in [3.63, 3.8) is 0 Å². The minimum Gasteiger partial charge on any atom is -0.437 e. The first-order valence-electron chi connectivity index (χ1n) is 5.94. The van der Waals surface area contributed by atoms with Crippen molar-refractivity contribution in [1.82, 2.24) is 14.5 Å². The Morgan fingerprint density at radius 1 is 1.33 bits per heavy atom. The van der Waals surface area contributed by atoms with Gasteiger partial charge in [-0.3, -0.25) is 10.1 Å². The molecule has 0 amide bonds. The lowest BCUT2D eigenvalue weighted by molar-refractivity contribution is -0.387. The van der Waals surface area contributed by atoms with E-state index in [4.69, 9.17) is 4.74 Å². The number of ether oxygens (including phenoxy) is 1. The monoisotopic (exact) mass is 288 g/mol. The average molecular weight is 288 g/mol. The smallest absolute Gasteiger partial charge is 0.305 e. The van der Waals surface area contributed by atoms with E-state index in [1.165, 1.54) is 12.4 Å². The van der Waals surface area contributed by atoms with Gasteiger partial charge in [-0.1, -0.05) is 0 Å². The number of benzene rings is 1. The van der Waals surface area contributed by atoms with E-state index in [0.717, 1.165) is 12.1 Å². The lowest BCUT2D eigenvalue weighted by Crippen LogP contribution is -1.96. The van der Waals surface area contributed by atoms with Gasteiger partial charge in [0.1, 0.15) is 17.6 Å². The predicted molar refractivity (Wildman–Crippen MR) is 71.6 cm³/mol. The first-order valence-corrected chi connectivity index (χ1v) is 5.94. The maximum absolute atomic E-state index is 13.6. The lowest BCUT2D eigenvalue weighted by Gasteiger charge is -2.07. The number of hydrogen-bond donors (Lipinski definition) is 0. The van der Waals surface area contributed by atoms with Crippen LogP contribution in [0.15, 0.2) is 36.8 Å². The highest BCUT2D eigenvalue weighted by Crippen LogP contribution is 2.29. The molecule has 8 heteroatoms. The van der Waals surface area contributed by atoms with E-state index in [9.17, 15) is 14.5 Å². The van der Waals surface area contributed by atoms with E-state index in [0.29, 0.717) is 11.0 Å². The lowest BCUT2D eigenvalue weighted by atomic mass is 10.3. The van der Waals surface area contributed by atoms with Crippen LogP contribution in [0, 0.1) is 15.9 Å². The van der Waals surface area contributed by atoms with Crippen LogP contribution in [0.4, 0.5) is 10.1 Å². The van der Waals surface area contributed by atoms with Gasteiger partial charge in [0, 0.05) is 25.4 Å². The summed E-state index contributed by atoms with van der Waals surface area (Å²) in [5.41, 5.74) is 0.732. The highest BCUT2D eigenvalue weighted by atomic mass is 19.1. The van der Waals surface area contributed by atoms with Crippen molar-refractivity contribution in [3.8, 4) is 11.6 Å². The number of hydrogen-bond acceptors (Lipinski definition) is 5. The van der Waals surface area contributed by atoms with Gasteiger partial charge in [0.2, 0.25) is 11.7 Å². The molecule has 0 aliphatic carbocycles. The van der Waals surface area contributed by atoms with Crippen LogP contribution in [-0.2, 0) is 7.05 Å². The van der Waals surface area contributed by atoms with Crippen molar-refractivity contribution in [2.75, 3.05) is 0 Å². The van der Waals surface area contributed by atoms with Crippen molar-refractivity contribution in [1.29, 1.82) is 0 Å². The number of fused-ring (bicyclic) bond motifs is 1. The number of nitro groups is 1. The van der Waals surface area contributed by atoms with Crippen LogP contribution in [0.1, 0.15) is 0 Å². The zero-order valence-electron chi connectivity index (χ0n) is 10.9. The molecule has 7 nitrogen and oxygen atoms in total. The van der Waals surface area contributed by atoms with Crippen molar-refractivity contribution in [2.24, 2.45) is 7.05 Å². The first kappa shape index (κ1) is 13.0. The Bertz CT molecular complexity index is 847. The summed E-state index contributed by atoms with van der Waals surface area (Å²) in [6.07, 6.45) is 3.13. The molecule has 0 unspecified atom stereocenters. The van der Waals surface area contributed by atoms with Crippen LogP contribution < -0.4 is 4.74 Å². The van der Waals surface area contributed by atoms with Crippen LogP contribution in [0.2, 0.25) is 0 Å². The number of rotatable bonds is 3. The van der Waals surface area contributed by atoms with Crippen molar-refractivity contribution in [2.45, 2.75) is 0 Å². The molecule has 0 spiro atoms. The topological polar surface area (TPSA) is 83.1 Å². The third kappa shape index (κ3) is 2.27. The number of nitrogens with zero attached hydrogens (tertiary/aromatic N) is 4. The fourth-order valence-corrected chi connectivity index (χ4v) is 1.97. The van der Waals surface area contributed by atoms with Crippen molar-refractivity contribution >= 4 is 16.7 Å². The Morgan fingerprint density at radius 2 is 2.14 bits per heavy atom. The summed E-state index contributed by atoms with van der Waals surface area (Å²) in [7, 11) is 1.80. The van der Waals surface area contributed by atoms with Gasteiger partial charge in [-0.05, 0) is 12.1 Å². The molecule has 0 aliphatic rings. The summed E-state index contributed by atoms with van der Waals surface area (Å²) in [4.78, 5) is 17.9. The molecule has 0 aliphatic heterocycles. The van der Waals surface area contributed by atoms with E-state index >= 15 is 0 Å². The zero-order valence-corrected chi connectivity index (χ0v) is 10.9. The van der Waals surface area contributed by atoms with Gasteiger partial charge in [-0.2, -0.15) is 9.37 Å². The SMILES string of the molecule is Cn1ccc2ncnc(Oc3ccc([N+](=O)[O-])c(F)c3)c21. The molecule has 0 saturated heterocycles. The standard InChI is InChI=1S/C13H9FN4O3/c1-17-5-4-10-12(17)13(16-7-15-10)21-8-2-3-11(18(19)20)9(14)6-8/h2-7H,1H3. The third-order valence-corrected chi connectivity index (χ3v) is 2.96. The first-order chi connectivity index (χ1) is 10.1. The van der Waals surface area contributed by atoms with Crippen molar-refractivity contribution < 1.29 is 14.1 Å². The van der Waals surface area contributed by atoms with E-state index in [1.54, 1.807) is 23.9 Å². The minimum atomic E-state index is -0.963. The predicted octanol–water partition coefficient (Wildman–Crippen LogP) is 2.81. The summed E-state index contributed by atoms with van der Waals surface area (Å²) in [6.45, 7) is 0. The second-order valence-electron chi connectivity index (χ2n) is 4.31. The van der Waals surface area contributed by atoms with E-state index in [1.807, 2.05) is 0 Å². The minimum absolute atomic E-state index is 0.124. The molecule has 1 aromatic carbocycles. The Kier molecular flexibility index (Phi) is 2.98. The molecular formula is C13H9FN4O3. The maximum atomic E-state index is 13.6. The molecule has 3 rings (SSSR count). The molecule has 0 fully saturated rings. The highest BCUT2D eigenvalue weighted by molar-refractivity contribution is 5.80. The van der Waals surface area contributed by atoms with Gasteiger partial charge in [0.15, 0.2) is 0 Å². The molecule has 21 heavy (non-hydrogen) atoms. The second kappa shape index (κ2) is 4.82. The van der Waals surface area contributed by atoms with Crippen LogP contribution in [0.5, 0.6) is 11.6 Å². The number of aryl methyl sites for hydroxylation is 1. The number of nitro benzene ring substituents is 1. The summed E-state index contributed by atoms with van der Waals surface area (Å²) in [5, 5.41) is 10.6. The van der Waals surface area contributed by atoms with E-state index in [2.05, 4.69) is 9.97 Å². The summed E-state index contributed by atoms with van der Waals surface area (Å²) in [6, 6.07) is 5.11. The normalized spacial score (nSPS) is 10.8. The molecule has 0 saturated carbocycles. The van der Waals surface area contributed by atoms with Crippen LogP contribution in [-0.4, -0.2) is 19.5 Å². The fourth-order valence-electron chi connectivity index (χ4n) is 1.97. The molecule has 0 radical (unpaired) electrons. The molecule has 0 bridgehead atoms. The van der Waals surface area contributed by atoms with Gasteiger partial charge in [-0.25, -0.2) is 4.98 Å². The van der Waals surface area contributed by atoms with Crippen LogP contribution in [0.3, 0.4) is 0 Å². The molecule has 3 aromatic rings. The summed E-state index contributed by atoms with van der Waals surface area (Å²) < 4.78 is 20.9. The van der Waals surface area contributed by atoms with Crippen molar-refractivity contribution in [3.05, 3.63) is 52.7 Å². The van der Waals surface area contributed by atoms with Gasteiger partial charge < -0.3 is 9.30 Å². The van der Waals surface area contributed by atoms with Gasteiger partial charge in [0.05, 0.1) is 10.4 Å². The molecular weight excluding hydrogens is 279 g/mol. The van der Waals surface area contributed by atoms with E-state index < -0.39 is 16.4 Å². The quantitative estimate of drug-likeness (QED) is 0.546. The molecule has 0 atom stereocenters. The fraction of sp³-hybridized carbons (Fsp3) is 0.0769. The molecule has 106 valence electrons. The molecule has 0 N–H and O–H groups in total. The van der Waals surface area contributed by atoms with Gasteiger partial charge >= 0.3 is 5.69 Å². The third-order valence-electron chi connectivity index (χ3n) is 2.96. The number of aromatic nitrogens is 3. The second-order valence-corrected chi connectivity index (χ2v) is 4.31.